The molecule has 1 saturated carbocycles. The highest BCUT2D eigenvalue weighted by Gasteiger charge is 2.21. The molecule has 0 saturated heterocycles. The zero-order valence-corrected chi connectivity index (χ0v) is 13.6. The van der Waals surface area contributed by atoms with Crippen molar-refractivity contribution in [3.05, 3.63) is 18.0 Å². The van der Waals surface area contributed by atoms with Crippen LogP contribution in [0.2, 0.25) is 0 Å². The molecule has 21 heavy (non-hydrogen) atoms. The summed E-state index contributed by atoms with van der Waals surface area (Å²) in [6, 6.07) is 1.80. The molecule has 0 bridgehead atoms. The molecule has 0 aliphatic heterocycles. The van der Waals surface area contributed by atoms with E-state index in [1.54, 1.807) is 12.3 Å². The summed E-state index contributed by atoms with van der Waals surface area (Å²) in [5.41, 5.74) is 0.898. The third-order valence-electron chi connectivity index (χ3n) is 4.02. The van der Waals surface area contributed by atoms with Crippen LogP contribution < -0.4 is 10.0 Å². The number of nitrogens with one attached hydrogen (secondary N) is 3. The van der Waals surface area contributed by atoms with E-state index in [0.717, 1.165) is 37.9 Å². The largest absolute Gasteiger partial charge is 0.363 e. The highest BCUT2D eigenvalue weighted by atomic mass is 32.2. The Kier molecular flexibility index (Phi) is 6.26. The summed E-state index contributed by atoms with van der Waals surface area (Å²) in [6.45, 7) is 3.55. The van der Waals surface area contributed by atoms with E-state index < -0.39 is 10.0 Å². The highest BCUT2D eigenvalue weighted by molar-refractivity contribution is 7.89. The van der Waals surface area contributed by atoms with Gasteiger partial charge in [-0.1, -0.05) is 39.0 Å². The van der Waals surface area contributed by atoms with Gasteiger partial charge in [0.05, 0.1) is 4.90 Å². The number of rotatable bonds is 6. The molecule has 0 unspecified atom stereocenters. The molecule has 2 rings (SSSR count). The molecule has 0 atom stereocenters. The summed E-state index contributed by atoms with van der Waals surface area (Å²) < 4.78 is 27.7. The summed E-state index contributed by atoms with van der Waals surface area (Å²) in [6.07, 6.45) is 9.44. The van der Waals surface area contributed by atoms with Crippen molar-refractivity contribution < 1.29 is 8.42 Å². The lowest BCUT2D eigenvalue weighted by atomic mass is 9.97. The molecule has 1 aliphatic rings. The fourth-order valence-electron chi connectivity index (χ4n) is 2.80. The van der Waals surface area contributed by atoms with Crippen LogP contribution in [-0.2, 0) is 16.6 Å². The smallest absolute Gasteiger partial charge is 0.242 e. The van der Waals surface area contributed by atoms with Gasteiger partial charge < -0.3 is 10.3 Å². The zero-order chi connectivity index (χ0) is 15.1. The predicted molar refractivity (Wildman–Crippen MR) is 84.6 cm³/mol. The van der Waals surface area contributed by atoms with Gasteiger partial charge in [0, 0.05) is 24.5 Å². The molecule has 0 aromatic carbocycles. The third kappa shape index (κ3) is 5.13. The SMILES string of the molecule is CCNCc1cc(S(=O)(=O)NC2CCCCCCC2)c[nH]1. The Morgan fingerprint density at radius 3 is 2.52 bits per heavy atom. The van der Waals surface area contributed by atoms with Gasteiger partial charge in [-0.05, 0) is 25.5 Å². The number of aromatic nitrogens is 1. The van der Waals surface area contributed by atoms with Crippen molar-refractivity contribution >= 4 is 10.0 Å². The molecular weight excluding hydrogens is 286 g/mol. The van der Waals surface area contributed by atoms with Gasteiger partial charge in [0.15, 0.2) is 0 Å². The number of sulfonamides is 1. The first-order valence-electron chi connectivity index (χ1n) is 8.02. The number of hydrogen-bond donors (Lipinski definition) is 3. The lowest BCUT2D eigenvalue weighted by Gasteiger charge is -2.20. The Morgan fingerprint density at radius 2 is 1.86 bits per heavy atom. The van der Waals surface area contributed by atoms with Gasteiger partial charge in [-0.25, -0.2) is 13.1 Å². The van der Waals surface area contributed by atoms with Crippen LogP contribution in [0.25, 0.3) is 0 Å². The van der Waals surface area contributed by atoms with Crippen LogP contribution in [0.15, 0.2) is 17.2 Å². The quantitative estimate of drug-likeness (QED) is 0.755. The molecule has 5 nitrogen and oxygen atoms in total. The van der Waals surface area contributed by atoms with Crippen molar-refractivity contribution in [2.75, 3.05) is 6.54 Å². The monoisotopic (exact) mass is 313 g/mol. The molecule has 0 amide bonds. The van der Waals surface area contributed by atoms with Crippen LogP contribution in [0, 0.1) is 0 Å². The molecule has 1 fully saturated rings. The summed E-state index contributed by atoms with van der Waals surface area (Å²) in [5.74, 6) is 0. The summed E-state index contributed by atoms with van der Waals surface area (Å²) >= 11 is 0. The van der Waals surface area contributed by atoms with Gasteiger partial charge in [-0.15, -0.1) is 0 Å². The van der Waals surface area contributed by atoms with Crippen LogP contribution in [0.4, 0.5) is 0 Å². The maximum atomic E-state index is 12.4. The first-order valence-corrected chi connectivity index (χ1v) is 9.50. The van der Waals surface area contributed by atoms with E-state index in [1.807, 2.05) is 6.92 Å². The summed E-state index contributed by atoms with van der Waals surface area (Å²) in [7, 11) is -3.40. The molecule has 6 heteroatoms. The van der Waals surface area contributed by atoms with Crippen LogP contribution in [0.1, 0.15) is 57.6 Å². The summed E-state index contributed by atoms with van der Waals surface area (Å²) in [5, 5.41) is 3.18. The van der Waals surface area contributed by atoms with Gasteiger partial charge >= 0.3 is 0 Å². The highest BCUT2D eigenvalue weighted by Crippen LogP contribution is 2.19. The predicted octanol–water partition coefficient (Wildman–Crippen LogP) is 2.52. The van der Waals surface area contributed by atoms with Crippen molar-refractivity contribution in [1.82, 2.24) is 15.0 Å². The minimum atomic E-state index is -3.40. The number of hydrogen-bond acceptors (Lipinski definition) is 3. The first-order chi connectivity index (χ1) is 10.1. The first kappa shape index (κ1) is 16.5. The van der Waals surface area contributed by atoms with Crippen LogP contribution >= 0.6 is 0 Å². The minimum absolute atomic E-state index is 0.0856. The lowest BCUT2D eigenvalue weighted by Crippen LogP contribution is -2.35. The van der Waals surface area contributed by atoms with Gasteiger partial charge in [0.1, 0.15) is 0 Å². The van der Waals surface area contributed by atoms with E-state index in [-0.39, 0.29) is 6.04 Å². The fourth-order valence-corrected chi connectivity index (χ4v) is 4.12. The molecular formula is C15H27N3O2S. The van der Waals surface area contributed by atoms with Gasteiger partial charge in [-0.3, -0.25) is 0 Å². The van der Waals surface area contributed by atoms with Crippen LogP contribution in [0.3, 0.4) is 0 Å². The maximum absolute atomic E-state index is 12.4. The van der Waals surface area contributed by atoms with E-state index >= 15 is 0 Å². The number of aromatic amines is 1. The second-order valence-corrected chi connectivity index (χ2v) is 7.52. The van der Waals surface area contributed by atoms with Gasteiger partial charge in [0.25, 0.3) is 0 Å². The molecule has 120 valence electrons. The van der Waals surface area contributed by atoms with Crippen molar-refractivity contribution in [1.29, 1.82) is 0 Å². The number of H-pyrrole nitrogens is 1. The Balaban J connectivity index is 1.97. The lowest BCUT2D eigenvalue weighted by molar-refractivity contribution is 0.426. The average molecular weight is 313 g/mol. The second kappa shape index (κ2) is 7.96. The van der Waals surface area contributed by atoms with Crippen LogP contribution in [-0.4, -0.2) is 26.0 Å². The Bertz CT molecular complexity index is 517. The van der Waals surface area contributed by atoms with E-state index in [9.17, 15) is 8.42 Å². The fraction of sp³-hybridized carbons (Fsp3) is 0.733. The Labute approximate surface area is 128 Å². The standard InChI is InChI=1S/C15H27N3O2S/c1-2-16-11-14-10-15(12-17-14)21(19,20)18-13-8-6-4-3-5-7-9-13/h10,12-13,16-18H,2-9,11H2,1H3. The van der Waals surface area contributed by atoms with Crippen LogP contribution in [0.5, 0.6) is 0 Å². The van der Waals surface area contributed by atoms with E-state index in [4.69, 9.17) is 0 Å². The molecule has 1 heterocycles. The Hall–Kier alpha value is -0.850. The van der Waals surface area contributed by atoms with Gasteiger partial charge in [0.2, 0.25) is 10.0 Å². The normalized spacial score (nSPS) is 18.3. The zero-order valence-electron chi connectivity index (χ0n) is 12.8. The van der Waals surface area contributed by atoms with E-state index in [2.05, 4.69) is 15.0 Å². The van der Waals surface area contributed by atoms with Crippen molar-refractivity contribution in [2.24, 2.45) is 0 Å². The molecule has 1 aromatic rings. The molecule has 0 radical (unpaired) electrons. The molecule has 1 aliphatic carbocycles. The minimum Gasteiger partial charge on any atom is -0.363 e. The van der Waals surface area contributed by atoms with Crippen molar-refractivity contribution in [3.8, 4) is 0 Å². The third-order valence-corrected chi connectivity index (χ3v) is 5.52. The topological polar surface area (TPSA) is 74.0 Å². The molecule has 3 N–H and O–H groups in total. The Morgan fingerprint density at radius 1 is 1.19 bits per heavy atom. The van der Waals surface area contributed by atoms with E-state index in [0.29, 0.717) is 11.4 Å². The molecule has 0 spiro atoms. The van der Waals surface area contributed by atoms with Crippen molar-refractivity contribution in [3.63, 3.8) is 0 Å². The maximum Gasteiger partial charge on any atom is 0.242 e. The summed E-state index contributed by atoms with van der Waals surface area (Å²) in [4.78, 5) is 3.37. The van der Waals surface area contributed by atoms with Crippen molar-refractivity contribution in [2.45, 2.75) is 69.4 Å². The second-order valence-electron chi connectivity index (χ2n) is 5.80. The van der Waals surface area contributed by atoms with Gasteiger partial charge in [-0.2, -0.15) is 0 Å². The van der Waals surface area contributed by atoms with E-state index in [1.165, 1.54) is 19.3 Å². The molecule has 1 aromatic heterocycles. The average Bonchev–Trinajstić information content (AvgIpc) is 2.89.